The third-order valence-electron chi connectivity index (χ3n) is 5.99. The van der Waals surface area contributed by atoms with Gasteiger partial charge in [0, 0.05) is 11.5 Å². The molecule has 4 nitrogen and oxygen atoms in total. The molecular formula is C30H30O4. The summed E-state index contributed by atoms with van der Waals surface area (Å²) in [7, 11) is 5.07. The van der Waals surface area contributed by atoms with Gasteiger partial charge in [0.1, 0.15) is 29.6 Å². The van der Waals surface area contributed by atoms with Crippen LogP contribution >= 0.6 is 0 Å². The molecule has 0 heterocycles. The average molecular weight is 455 g/mol. The first-order valence-electron chi connectivity index (χ1n) is 11.3. The van der Waals surface area contributed by atoms with E-state index in [1.807, 2.05) is 60.7 Å². The zero-order valence-corrected chi connectivity index (χ0v) is 19.9. The first kappa shape index (κ1) is 23.2. The van der Waals surface area contributed by atoms with Crippen molar-refractivity contribution in [2.75, 3.05) is 21.3 Å². The van der Waals surface area contributed by atoms with E-state index in [0.29, 0.717) is 13.0 Å². The van der Waals surface area contributed by atoms with Crippen molar-refractivity contribution >= 4 is 0 Å². The Labute approximate surface area is 201 Å². The molecule has 0 aliphatic heterocycles. The molecule has 174 valence electrons. The summed E-state index contributed by atoms with van der Waals surface area (Å²) >= 11 is 0. The van der Waals surface area contributed by atoms with Crippen molar-refractivity contribution < 1.29 is 18.9 Å². The van der Waals surface area contributed by atoms with Gasteiger partial charge in [-0.2, -0.15) is 0 Å². The molecule has 0 radical (unpaired) electrons. The van der Waals surface area contributed by atoms with Gasteiger partial charge in [0.2, 0.25) is 0 Å². The Morgan fingerprint density at radius 3 is 1.65 bits per heavy atom. The van der Waals surface area contributed by atoms with Gasteiger partial charge >= 0.3 is 0 Å². The van der Waals surface area contributed by atoms with E-state index in [9.17, 15) is 0 Å². The van der Waals surface area contributed by atoms with Crippen LogP contribution in [0, 0.1) is 0 Å². The van der Waals surface area contributed by atoms with Gasteiger partial charge in [-0.25, -0.2) is 0 Å². The lowest BCUT2D eigenvalue weighted by Crippen LogP contribution is -2.09. The number of hydrogen-bond acceptors (Lipinski definition) is 4. The lowest BCUT2D eigenvalue weighted by Gasteiger charge is -2.22. The van der Waals surface area contributed by atoms with Crippen molar-refractivity contribution in [1.29, 1.82) is 0 Å². The van der Waals surface area contributed by atoms with Crippen LogP contribution in [0.4, 0.5) is 0 Å². The predicted octanol–water partition coefficient (Wildman–Crippen LogP) is 6.67. The summed E-state index contributed by atoms with van der Waals surface area (Å²) in [5, 5.41) is 0. The van der Waals surface area contributed by atoms with Crippen molar-refractivity contribution in [3.8, 4) is 23.0 Å². The second-order valence-electron chi connectivity index (χ2n) is 8.01. The van der Waals surface area contributed by atoms with E-state index in [1.165, 1.54) is 11.1 Å². The van der Waals surface area contributed by atoms with E-state index in [2.05, 4.69) is 36.4 Å². The molecule has 4 aromatic rings. The van der Waals surface area contributed by atoms with Gasteiger partial charge in [-0.05, 0) is 59.5 Å². The fourth-order valence-corrected chi connectivity index (χ4v) is 4.11. The molecule has 0 amide bonds. The molecule has 0 saturated heterocycles. The van der Waals surface area contributed by atoms with Crippen LogP contribution in [0.3, 0.4) is 0 Å². The minimum atomic E-state index is 0.0900. The quantitative estimate of drug-likeness (QED) is 0.268. The summed E-state index contributed by atoms with van der Waals surface area (Å²) in [4.78, 5) is 0. The Morgan fingerprint density at radius 1 is 0.559 bits per heavy atom. The molecule has 0 spiro atoms. The summed E-state index contributed by atoms with van der Waals surface area (Å²) in [6.07, 6.45) is 0.715. The van der Waals surface area contributed by atoms with Gasteiger partial charge < -0.3 is 18.9 Å². The first-order chi connectivity index (χ1) is 16.7. The third-order valence-corrected chi connectivity index (χ3v) is 5.99. The molecule has 4 aromatic carbocycles. The number of ether oxygens (including phenoxy) is 4. The number of methoxy groups -OCH3 is 3. The van der Waals surface area contributed by atoms with Crippen LogP contribution in [0.5, 0.6) is 23.0 Å². The second kappa shape index (κ2) is 11.3. The highest BCUT2D eigenvalue weighted by Gasteiger charge is 2.21. The molecule has 0 bridgehead atoms. The monoisotopic (exact) mass is 454 g/mol. The summed E-state index contributed by atoms with van der Waals surface area (Å²) in [6.45, 7) is 0.497. The topological polar surface area (TPSA) is 36.9 Å². The van der Waals surface area contributed by atoms with Crippen molar-refractivity contribution in [2.45, 2.75) is 18.9 Å². The van der Waals surface area contributed by atoms with E-state index >= 15 is 0 Å². The van der Waals surface area contributed by atoms with Gasteiger partial charge in [-0.15, -0.1) is 0 Å². The van der Waals surface area contributed by atoms with E-state index in [-0.39, 0.29) is 5.92 Å². The van der Waals surface area contributed by atoms with Crippen molar-refractivity contribution in [2.24, 2.45) is 0 Å². The maximum atomic E-state index is 6.29. The summed E-state index contributed by atoms with van der Waals surface area (Å²) in [6, 6.07) is 32.6. The van der Waals surface area contributed by atoms with Crippen LogP contribution in [0.15, 0.2) is 97.1 Å². The van der Waals surface area contributed by atoms with Crippen LogP contribution < -0.4 is 18.9 Å². The maximum absolute atomic E-state index is 6.29. The summed E-state index contributed by atoms with van der Waals surface area (Å²) in [5.41, 5.74) is 4.53. The Hall–Kier alpha value is -3.92. The molecule has 0 atom stereocenters. The highest BCUT2D eigenvalue weighted by atomic mass is 16.5. The molecule has 0 fully saturated rings. The minimum absolute atomic E-state index is 0.0900. The van der Waals surface area contributed by atoms with Gasteiger partial charge in [0.05, 0.1) is 21.3 Å². The Balaban J connectivity index is 1.70. The standard InChI is InChI=1S/C30H30O4/c1-31-25-16-12-23(13-17-25)27(24-14-18-26(32-2)19-15-24)20-28-29(33-3)10-7-11-30(28)34-21-22-8-5-4-6-9-22/h4-19,27H,20-21H2,1-3H3. The molecule has 0 aliphatic carbocycles. The van der Waals surface area contributed by atoms with Crippen LogP contribution in [0.2, 0.25) is 0 Å². The SMILES string of the molecule is COc1ccc(C(Cc2c(OC)cccc2OCc2ccccc2)c2ccc(OC)cc2)cc1. The lowest BCUT2D eigenvalue weighted by molar-refractivity contribution is 0.299. The number of hydrogen-bond donors (Lipinski definition) is 0. The molecule has 0 saturated carbocycles. The summed E-state index contributed by atoms with van der Waals surface area (Å²) < 4.78 is 22.8. The average Bonchev–Trinajstić information content (AvgIpc) is 2.91. The summed E-state index contributed by atoms with van der Waals surface area (Å²) in [5.74, 6) is 3.41. The van der Waals surface area contributed by atoms with Crippen molar-refractivity contribution in [1.82, 2.24) is 0 Å². The van der Waals surface area contributed by atoms with E-state index in [0.717, 1.165) is 34.1 Å². The van der Waals surface area contributed by atoms with E-state index < -0.39 is 0 Å². The number of rotatable bonds is 10. The van der Waals surface area contributed by atoms with Crippen molar-refractivity contribution in [3.63, 3.8) is 0 Å². The van der Waals surface area contributed by atoms with Gasteiger partial charge in [0.15, 0.2) is 0 Å². The predicted molar refractivity (Wildman–Crippen MR) is 135 cm³/mol. The molecule has 0 aliphatic rings. The highest BCUT2D eigenvalue weighted by molar-refractivity contribution is 5.48. The lowest BCUT2D eigenvalue weighted by atomic mass is 9.85. The number of benzene rings is 4. The van der Waals surface area contributed by atoms with Crippen LogP contribution in [0.25, 0.3) is 0 Å². The van der Waals surface area contributed by atoms with Gasteiger partial charge in [0.25, 0.3) is 0 Å². The minimum Gasteiger partial charge on any atom is -0.497 e. The largest absolute Gasteiger partial charge is 0.497 e. The van der Waals surface area contributed by atoms with E-state index in [1.54, 1.807) is 21.3 Å². The van der Waals surface area contributed by atoms with Crippen LogP contribution in [0.1, 0.15) is 28.2 Å². The fraction of sp³-hybridized carbons (Fsp3) is 0.200. The smallest absolute Gasteiger partial charge is 0.126 e. The highest BCUT2D eigenvalue weighted by Crippen LogP contribution is 2.37. The molecule has 4 heteroatoms. The maximum Gasteiger partial charge on any atom is 0.126 e. The first-order valence-corrected chi connectivity index (χ1v) is 11.3. The van der Waals surface area contributed by atoms with Crippen LogP contribution in [-0.2, 0) is 13.0 Å². The van der Waals surface area contributed by atoms with Gasteiger partial charge in [-0.3, -0.25) is 0 Å². The normalized spacial score (nSPS) is 10.7. The Bertz CT molecular complexity index is 1120. The third kappa shape index (κ3) is 5.52. The van der Waals surface area contributed by atoms with Crippen molar-refractivity contribution in [3.05, 3.63) is 119 Å². The zero-order valence-electron chi connectivity index (χ0n) is 19.9. The molecule has 34 heavy (non-hydrogen) atoms. The Kier molecular flexibility index (Phi) is 7.71. The molecule has 0 N–H and O–H groups in total. The fourth-order valence-electron chi connectivity index (χ4n) is 4.11. The van der Waals surface area contributed by atoms with E-state index in [4.69, 9.17) is 18.9 Å². The Morgan fingerprint density at radius 2 is 1.12 bits per heavy atom. The molecule has 4 rings (SSSR count). The van der Waals surface area contributed by atoms with Crippen LogP contribution in [-0.4, -0.2) is 21.3 Å². The molecule has 0 unspecified atom stereocenters. The second-order valence-corrected chi connectivity index (χ2v) is 8.01. The molecule has 0 aromatic heterocycles. The zero-order chi connectivity index (χ0) is 23.8. The van der Waals surface area contributed by atoms with Gasteiger partial charge in [-0.1, -0.05) is 60.7 Å². The molecular weight excluding hydrogens is 424 g/mol.